The molecule has 6 nitrogen and oxygen atoms in total. The molecule has 2 aromatic rings. The van der Waals surface area contributed by atoms with E-state index in [1.807, 2.05) is 58.4 Å². The molecule has 0 bridgehead atoms. The standard InChI is InChI=1S/C17H24N4O2/c1-11-9-13(18-10-15-20-19-12(2)21(15)6)7-8-14(11)16(22)23-17(3,4)5/h7-9,18H,10H2,1-6H3. The molecule has 6 heteroatoms. The van der Waals surface area contributed by atoms with Gasteiger partial charge < -0.3 is 14.6 Å². The third kappa shape index (κ3) is 4.31. The molecule has 124 valence electrons. The van der Waals surface area contributed by atoms with E-state index in [-0.39, 0.29) is 5.97 Å². The second kappa shape index (κ2) is 6.40. The molecule has 0 aliphatic heterocycles. The number of nitrogens with one attached hydrogen (secondary N) is 1. The Hall–Kier alpha value is -2.37. The zero-order valence-corrected chi connectivity index (χ0v) is 14.6. The minimum Gasteiger partial charge on any atom is -0.456 e. The minimum atomic E-state index is -0.497. The van der Waals surface area contributed by atoms with Crippen molar-refractivity contribution in [2.24, 2.45) is 7.05 Å². The fourth-order valence-electron chi connectivity index (χ4n) is 2.12. The lowest BCUT2D eigenvalue weighted by atomic mass is 10.1. The summed E-state index contributed by atoms with van der Waals surface area (Å²) >= 11 is 0. The number of nitrogens with zero attached hydrogens (tertiary/aromatic N) is 3. The molecule has 0 saturated heterocycles. The zero-order chi connectivity index (χ0) is 17.2. The molecule has 1 N–H and O–H groups in total. The van der Waals surface area contributed by atoms with Crippen LogP contribution < -0.4 is 5.32 Å². The second-order valence-electron chi connectivity index (χ2n) is 6.61. The van der Waals surface area contributed by atoms with Crippen LogP contribution in [0.1, 0.15) is 48.3 Å². The number of ether oxygens (including phenoxy) is 1. The van der Waals surface area contributed by atoms with Crippen LogP contribution in [0.5, 0.6) is 0 Å². The first-order chi connectivity index (χ1) is 10.7. The maximum absolute atomic E-state index is 12.2. The van der Waals surface area contributed by atoms with Crippen molar-refractivity contribution in [1.29, 1.82) is 0 Å². The molecular weight excluding hydrogens is 292 g/mol. The molecule has 0 amide bonds. The molecule has 0 aliphatic rings. The van der Waals surface area contributed by atoms with Crippen LogP contribution in [0, 0.1) is 13.8 Å². The summed E-state index contributed by atoms with van der Waals surface area (Å²) in [6.45, 7) is 9.97. The number of rotatable bonds is 4. The lowest BCUT2D eigenvalue weighted by molar-refractivity contribution is 0.00688. The SMILES string of the molecule is Cc1cc(NCc2nnc(C)n2C)ccc1C(=O)OC(C)(C)C. The first-order valence-corrected chi connectivity index (χ1v) is 7.60. The van der Waals surface area contributed by atoms with Crippen molar-refractivity contribution in [2.75, 3.05) is 5.32 Å². The lowest BCUT2D eigenvalue weighted by Crippen LogP contribution is -2.24. The number of hydrogen-bond acceptors (Lipinski definition) is 5. The molecule has 0 unspecified atom stereocenters. The molecule has 0 radical (unpaired) electrons. The van der Waals surface area contributed by atoms with Gasteiger partial charge in [0.25, 0.3) is 0 Å². The lowest BCUT2D eigenvalue weighted by Gasteiger charge is -2.20. The van der Waals surface area contributed by atoms with E-state index >= 15 is 0 Å². The first kappa shape index (κ1) is 17.0. The molecular formula is C17H24N4O2. The van der Waals surface area contributed by atoms with Crippen molar-refractivity contribution in [3.05, 3.63) is 41.0 Å². The monoisotopic (exact) mass is 316 g/mol. The molecule has 1 aromatic carbocycles. The van der Waals surface area contributed by atoms with Gasteiger partial charge in [-0.1, -0.05) is 0 Å². The molecule has 0 spiro atoms. The second-order valence-corrected chi connectivity index (χ2v) is 6.61. The van der Waals surface area contributed by atoms with Crippen molar-refractivity contribution >= 4 is 11.7 Å². The molecule has 0 aliphatic carbocycles. The summed E-state index contributed by atoms with van der Waals surface area (Å²) < 4.78 is 7.35. The minimum absolute atomic E-state index is 0.300. The molecule has 0 atom stereocenters. The predicted molar refractivity (Wildman–Crippen MR) is 89.4 cm³/mol. The number of benzene rings is 1. The summed E-state index contributed by atoms with van der Waals surface area (Å²) in [6, 6.07) is 5.59. The van der Waals surface area contributed by atoms with Gasteiger partial charge in [-0.25, -0.2) is 4.79 Å². The molecule has 2 rings (SSSR count). The normalized spacial score (nSPS) is 11.4. The summed E-state index contributed by atoms with van der Waals surface area (Å²) in [7, 11) is 1.93. The van der Waals surface area contributed by atoms with Crippen molar-refractivity contribution in [3.63, 3.8) is 0 Å². The third-order valence-electron chi connectivity index (χ3n) is 3.48. The number of anilines is 1. The zero-order valence-electron chi connectivity index (χ0n) is 14.6. The molecule has 0 fully saturated rings. The highest BCUT2D eigenvalue weighted by atomic mass is 16.6. The Morgan fingerprint density at radius 3 is 2.48 bits per heavy atom. The van der Waals surface area contributed by atoms with Gasteiger partial charge in [0.1, 0.15) is 11.4 Å². The Morgan fingerprint density at radius 1 is 1.26 bits per heavy atom. The number of aryl methyl sites for hydroxylation is 2. The van der Waals surface area contributed by atoms with Crippen LogP contribution in [0.15, 0.2) is 18.2 Å². The number of hydrogen-bond donors (Lipinski definition) is 1. The molecule has 0 saturated carbocycles. The van der Waals surface area contributed by atoms with E-state index in [1.165, 1.54) is 0 Å². The molecule has 23 heavy (non-hydrogen) atoms. The van der Waals surface area contributed by atoms with Crippen LogP contribution in [0.2, 0.25) is 0 Å². The van der Waals surface area contributed by atoms with Gasteiger partial charge in [0.2, 0.25) is 0 Å². The fourth-order valence-corrected chi connectivity index (χ4v) is 2.12. The van der Waals surface area contributed by atoms with Gasteiger partial charge in [0, 0.05) is 12.7 Å². The number of aromatic nitrogens is 3. The van der Waals surface area contributed by atoms with Gasteiger partial charge in [0.15, 0.2) is 5.82 Å². The Labute approximate surface area is 136 Å². The van der Waals surface area contributed by atoms with Crippen LogP contribution in [0.4, 0.5) is 5.69 Å². The average molecular weight is 316 g/mol. The van der Waals surface area contributed by atoms with Gasteiger partial charge >= 0.3 is 5.97 Å². The Kier molecular flexibility index (Phi) is 4.73. The number of carbonyl (C=O) groups is 1. The summed E-state index contributed by atoms with van der Waals surface area (Å²) in [5, 5.41) is 11.4. The molecule has 1 heterocycles. The fraction of sp³-hybridized carbons (Fsp3) is 0.471. The van der Waals surface area contributed by atoms with E-state index in [4.69, 9.17) is 4.74 Å². The van der Waals surface area contributed by atoms with E-state index in [9.17, 15) is 4.79 Å². The first-order valence-electron chi connectivity index (χ1n) is 7.60. The van der Waals surface area contributed by atoms with Crippen molar-refractivity contribution in [3.8, 4) is 0 Å². The van der Waals surface area contributed by atoms with Gasteiger partial charge in [-0.2, -0.15) is 0 Å². The predicted octanol–water partition coefficient (Wildman–Crippen LogP) is 3.00. The van der Waals surface area contributed by atoms with E-state index in [1.54, 1.807) is 6.07 Å². The number of carbonyl (C=O) groups excluding carboxylic acids is 1. The maximum Gasteiger partial charge on any atom is 0.338 e. The Morgan fingerprint density at radius 2 is 1.96 bits per heavy atom. The van der Waals surface area contributed by atoms with E-state index in [2.05, 4.69) is 15.5 Å². The summed E-state index contributed by atoms with van der Waals surface area (Å²) in [5.74, 6) is 1.43. The highest BCUT2D eigenvalue weighted by Crippen LogP contribution is 2.19. The quantitative estimate of drug-likeness (QED) is 0.878. The van der Waals surface area contributed by atoms with Crippen LogP contribution in [-0.4, -0.2) is 26.3 Å². The van der Waals surface area contributed by atoms with E-state index in [0.717, 1.165) is 22.9 Å². The van der Waals surface area contributed by atoms with Crippen molar-refractivity contribution in [1.82, 2.24) is 14.8 Å². The van der Waals surface area contributed by atoms with Gasteiger partial charge in [-0.3, -0.25) is 0 Å². The van der Waals surface area contributed by atoms with Crippen LogP contribution >= 0.6 is 0 Å². The van der Waals surface area contributed by atoms with Gasteiger partial charge in [-0.15, -0.1) is 10.2 Å². The summed E-state index contributed by atoms with van der Waals surface area (Å²) in [4.78, 5) is 12.2. The largest absolute Gasteiger partial charge is 0.456 e. The maximum atomic E-state index is 12.2. The highest BCUT2D eigenvalue weighted by Gasteiger charge is 2.19. The summed E-state index contributed by atoms with van der Waals surface area (Å²) in [6.07, 6.45) is 0. The highest BCUT2D eigenvalue weighted by molar-refractivity contribution is 5.91. The van der Waals surface area contributed by atoms with E-state index < -0.39 is 5.60 Å². The number of esters is 1. The van der Waals surface area contributed by atoms with Crippen molar-refractivity contribution < 1.29 is 9.53 Å². The third-order valence-corrected chi connectivity index (χ3v) is 3.48. The smallest absolute Gasteiger partial charge is 0.338 e. The van der Waals surface area contributed by atoms with Gasteiger partial charge in [-0.05, 0) is 58.4 Å². The van der Waals surface area contributed by atoms with Crippen LogP contribution in [0.25, 0.3) is 0 Å². The topological polar surface area (TPSA) is 69.0 Å². The molecule has 1 aromatic heterocycles. The average Bonchev–Trinajstić information content (AvgIpc) is 2.74. The Balaban J connectivity index is 2.07. The van der Waals surface area contributed by atoms with E-state index in [0.29, 0.717) is 12.1 Å². The summed E-state index contributed by atoms with van der Waals surface area (Å²) in [5.41, 5.74) is 1.89. The van der Waals surface area contributed by atoms with Crippen molar-refractivity contribution in [2.45, 2.75) is 46.8 Å². The van der Waals surface area contributed by atoms with Crippen LogP contribution in [-0.2, 0) is 18.3 Å². The Bertz CT molecular complexity index is 714. The van der Waals surface area contributed by atoms with Gasteiger partial charge in [0.05, 0.1) is 12.1 Å². The van der Waals surface area contributed by atoms with Crippen LogP contribution in [0.3, 0.4) is 0 Å².